The van der Waals surface area contributed by atoms with Crippen LogP contribution in [-0.4, -0.2) is 6.10 Å². The number of hydrogen-bond donors (Lipinski definition) is 1. The minimum absolute atomic E-state index is 0. The highest BCUT2D eigenvalue weighted by Crippen LogP contribution is 2.16. The summed E-state index contributed by atoms with van der Waals surface area (Å²) in [5.74, 6) is 0.902. The second-order valence-electron chi connectivity index (χ2n) is 3.52. The van der Waals surface area contributed by atoms with E-state index in [-0.39, 0.29) is 24.6 Å². The minimum Gasteiger partial charge on any atom is -0.491 e. The standard InChI is InChI=1S/C11H17NO.ClH/c1-8(2)13-11-6-4-10(5-7-11)9(3)12;/h4-9H,12H2,1-3H3;1H/t9-;/m0./s1. The van der Waals surface area contributed by atoms with E-state index in [1.165, 1.54) is 0 Å². The van der Waals surface area contributed by atoms with Gasteiger partial charge >= 0.3 is 0 Å². The number of nitrogens with two attached hydrogens (primary N) is 1. The highest BCUT2D eigenvalue weighted by Gasteiger charge is 2.00. The van der Waals surface area contributed by atoms with Gasteiger partial charge in [-0.1, -0.05) is 12.1 Å². The van der Waals surface area contributed by atoms with Gasteiger partial charge in [0, 0.05) is 6.04 Å². The van der Waals surface area contributed by atoms with Crippen molar-refractivity contribution in [2.45, 2.75) is 32.9 Å². The van der Waals surface area contributed by atoms with E-state index in [2.05, 4.69) is 0 Å². The molecular formula is C11H18ClNO. The Balaban J connectivity index is 0.00000169. The fraction of sp³-hybridized carbons (Fsp3) is 0.455. The zero-order valence-electron chi connectivity index (χ0n) is 8.86. The van der Waals surface area contributed by atoms with Crippen LogP contribution in [0.3, 0.4) is 0 Å². The Hall–Kier alpha value is -0.730. The normalized spacial score (nSPS) is 12.1. The van der Waals surface area contributed by atoms with Crippen molar-refractivity contribution in [2.24, 2.45) is 5.73 Å². The second-order valence-corrected chi connectivity index (χ2v) is 3.52. The van der Waals surface area contributed by atoms with Crippen LogP contribution in [-0.2, 0) is 0 Å². The predicted molar refractivity (Wildman–Crippen MR) is 62.1 cm³/mol. The maximum Gasteiger partial charge on any atom is 0.119 e. The van der Waals surface area contributed by atoms with Gasteiger partial charge in [0.2, 0.25) is 0 Å². The third-order valence-electron chi connectivity index (χ3n) is 1.78. The van der Waals surface area contributed by atoms with Gasteiger partial charge in [-0.25, -0.2) is 0 Å². The summed E-state index contributed by atoms with van der Waals surface area (Å²) in [6, 6.07) is 8.01. The summed E-state index contributed by atoms with van der Waals surface area (Å²) >= 11 is 0. The zero-order chi connectivity index (χ0) is 9.84. The molecule has 0 saturated heterocycles. The van der Waals surface area contributed by atoms with Crippen molar-refractivity contribution in [3.8, 4) is 5.75 Å². The summed E-state index contributed by atoms with van der Waals surface area (Å²) in [5, 5.41) is 0. The molecule has 0 unspecified atom stereocenters. The molecule has 0 radical (unpaired) electrons. The highest BCUT2D eigenvalue weighted by molar-refractivity contribution is 5.85. The lowest BCUT2D eigenvalue weighted by Crippen LogP contribution is -2.07. The molecule has 0 amide bonds. The lowest BCUT2D eigenvalue weighted by molar-refractivity contribution is 0.242. The molecule has 0 aliphatic carbocycles. The molecule has 14 heavy (non-hydrogen) atoms. The molecule has 1 rings (SSSR count). The van der Waals surface area contributed by atoms with Crippen LogP contribution in [0.1, 0.15) is 32.4 Å². The maximum absolute atomic E-state index is 5.72. The average Bonchev–Trinajstić information content (AvgIpc) is 2.04. The number of hydrogen-bond acceptors (Lipinski definition) is 2. The van der Waals surface area contributed by atoms with Gasteiger partial charge in [-0.05, 0) is 38.5 Å². The SMILES string of the molecule is CC(C)Oc1ccc([C@H](C)N)cc1.Cl. The predicted octanol–water partition coefficient (Wildman–Crippen LogP) is 2.92. The van der Waals surface area contributed by atoms with E-state index in [0.29, 0.717) is 0 Å². The first-order chi connectivity index (χ1) is 6.09. The van der Waals surface area contributed by atoms with Crippen LogP contribution in [0.15, 0.2) is 24.3 Å². The summed E-state index contributed by atoms with van der Waals surface area (Å²) in [4.78, 5) is 0. The Morgan fingerprint density at radius 2 is 1.57 bits per heavy atom. The van der Waals surface area contributed by atoms with Gasteiger partial charge in [0.05, 0.1) is 6.10 Å². The summed E-state index contributed by atoms with van der Waals surface area (Å²) in [6.07, 6.45) is 0.223. The van der Waals surface area contributed by atoms with Crippen molar-refractivity contribution in [1.29, 1.82) is 0 Å². The number of benzene rings is 1. The average molecular weight is 216 g/mol. The van der Waals surface area contributed by atoms with Crippen LogP contribution in [0.4, 0.5) is 0 Å². The van der Waals surface area contributed by atoms with E-state index in [1.807, 2.05) is 45.0 Å². The molecule has 2 N–H and O–H groups in total. The first-order valence-corrected chi connectivity index (χ1v) is 4.62. The molecule has 0 aliphatic heterocycles. The molecule has 0 aromatic heterocycles. The minimum atomic E-state index is 0. The molecule has 0 heterocycles. The molecule has 0 saturated carbocycles. The molecule has 2 nitrogen and oxygen atoms in total. The van der Waals surface area contributed by atoms with Gasteiger partial charge in [-0.3, -0.25) is 0 Å². The summed E-state index contributed by atoms with van der Waals surface area (Å²) < 4.78 is 5.51. The van der Waals surface area contributed by atoms with Gasteiger partial charge in [-0.2, -0.15) is 0 Å². The van der Waals surface area contributed by atoms with Crippen molar-refractivity contribution in [3.63, 3.8) is 0 Å². The number of ether oxygens (including phenoxy) is 1. The zero-order valence-corrected chi connectivity index (χ0v) is 9.67. The van der Waals surface area contributed by atoms with Gasteiger partial charge in [0.1, 0.15) is 5.75 Å². The Morgan fingerprint density at radius 3 is 1.93 bits per heavy atom. The van der Waals surface area contributed by atoms with Crippen LogP contribution in [0.25, 0.3) is 0 Å². The van der Waals surface area contributed by atoms with Crippen molar-refractivity contribution in [1.82, 2.24) is 0 Å². The molecule has 3 heteroatoms. The molecule has 1 aromatic carbocycles. The van der Waals surface area contributed by atoms with Crippen LogP contribution in [0, 0.1) is 0 Å². The summed E-state index contributed by atoms with van der Waals surface area (Å²) in [6.45, 7) is 6.00. The fourth-order valence-electron chi connectivity index (χ4n) is 1.12. The molecule has 0 aliphatic rings. The highest BCUT2D eigenvalue weighted by atomic mass is 35.5. The van der Waals surface area contributed by atoms with E-state index >= 15 is 0 Å². The first-order valence-electron chi connectivity index (χ1n) is 4.62. The summed E-state index contributed by atoms with van der Waals surface area (Å²) in [7, 11) is 0. The fourth-order valence-corrected chi connectivity index (χ4v) is 1.12. The largest absolute Gasteiger partial charge is 0.491 e. The Kier molecular flexibility index (Phi) is 5.58. The smallest absolute Gasteiger partial charge is 0.119 e. The van der Waals surface area contributed by atoms with Crippen LogP contribution >= 0.6 is 12.4 Å². The van der Waals surface area contributed by atoms with E-state index in [1.54, 1.807) is 0 Å². The quantitative estimate of drug-likeness (QED) is 0.842. The molecule has 1 aromatic rings. The maximum atomic E-state index is 5.72. The van der Waals surface area contributed by atoms with E-state index in [0.717, 1.165) is 11.3 Å². The molecule has 80 valence electrons. The lowest BCUT2D eigenvalue weighted by atomic mass is 10.1. The topological polar surface area (TPSA) is 35.2 Å². The number of halogens is 1. The number of rotatable bonds is 3. The van der Waals surface area contributed by atoms with Crippen LogP contribution in [0.2, 0.25) is 0 Å². The van der Waals surface area contributed by atoms with E-state index < -0.39 is 0 Å². The molecule has 1 atom stereocenters. The van der Waals surface area contributed by atoms with Crippen LogP contribution < -0.4 is 10.5 Å². The lowest BCUT2D eigenvalue weighted by Gasteiger charge is -2.11. The molecule has 0 bridgehead atoms. The van der Waals surface area contributed by atoms with Crippen molar-refractivity contribution in [3.05, 3.63) is 29.8 Å². The van der Waals surface area contributed by atoms with E-state index in [9.17, 15) is 0 Å². The Morgan fingerprint density at radius 1 is 1.07 bits per heavy atom. The third kappa shape index (κ3) is 3.99. The third-order valence-corrected chi connectivity index (χ3v) is 1.78. The molecule has 0 spiro atoms. The second kappa shape index (κ2) is 5.89. The van der Waals surface area contributed by atoms with Crippen LogP contribution in [0.5, 0.6) is 5.75 Å². The van der Waals surface area contributed by atoms with Gasteiger partial charge < -0.3 is 10.5 Å². The Bertz CT molecular complexity index is 256. The van der Waals surface area contributed by atoms with Crippen molar-refractivity contribution < 1.29 is 4.74 Å². The van der Waals surface area contributed by atoms with Gasteiger partial charge in [0.15, 0.2) is 0 Å². The van der Waals surface area contributed by atoms with Gasteiger partial charge in [0.25, 0.3) is 0 Å². The van der Waals surface area contributed by atoms with Crippen molar-refractivity contribution >= 4 is 12.4 Å². The molecule has 0 fully saturated rings. The van der Waals surface area contributed by atoms with E-state index in [4.69, 9.17) is 10.5 Å². The van der Waals surface area contributed by atoms with Crippen molar-refractivity contribution in [2.75, 3.05) is 0 Å². The monoisotopic (exact) mass is 215 g/mol. The van der Waals surface area contributed by atoms with Gasteiger partial charge in [-0.15, -0.1) is 12.4 Å². The first kappa shape index (κ1) is 13.3. The Labute approximate surface area is 91.9 Å². The summed E-state index contributed by atoms with van der Waals surface area (Å²) in [5.41, 5.74) is 6.86. The molecular weight excluding hydrogens is 198 g/mol.